The summed E-state index contributed by atoms with van der Waals surface area (Å²) in [5.41, 5.74) is 0.602. The zero-order chi connectivity index (χ0) is 24.4. The number of hydrogen-bond donors (Lipinski definition) is 1. The zero-order valence-corrected chi connectivity index (χ0v) is 19.7. The Morgan fingerprint density at radius 2 is 1.83 bits per heavy atom. The number of nitrogens with zero attached hydrogens (tertiary/aromatic N) is 3. The van der Waals surface area contributed by atoms with Crippen molar-refractivity contribution in [2.24, 2.45) is 5.92 Å². The molecule has 0 radical (unpaired) electrons. The first-order valence-corrected chi connectivity index (χ1v) is 12.4. The van der Waals surface area contributed by atoms with Crippen molar-refractivity contribution in [3.63, 3.8) is 0 Å². The van der Waals surface area contributed by atoms with Crippen molar-refractivity contribution in [2.75, 3.05) is 13.1 Å². The number of rotatable bonds is 6. The number of aromatic nitrogens is 1. The van der Waals surface area contributed by atoms with Crippen molar-refractivity contribution in [1.29, 1.82) is 0 Å². The lowest BCUT2D eigenvalue weighted by Crippen LogP contribution is -2.54. The number of amides is 4. The largest absolute Gasteiger partial charge is 0.336 e. The van der Waals surface area contributed by atoms with Crippen LogP contribution in [-0.2, 0) is 21.7 Å². The quantitative estimate of drug-likeness (QED) is 0.326. The Morgan fingerprint density at radius 1 is 1.06 bits per heavy atom. The lowest BCUT2D eigenvalue weighted by atomic mass is 9.73. The van der Waals surface area contributed by atoms with Gasteiger partial charge in [-0.25, -0.2) is 4.79 Å². The van der Waals surface area contributed by atoms with E-state index in [1.165, 1.54) is 21.1 Å². The highest BCUT2D eigenvalue weighted by molar-refractivity contribution is 7.07. The van der Waals surface area contributed by atoms with Crippen molar-refractivity contribution in [3.8, 4) is 0 Å². The monoisotopic (exact) mass is 488 g/mol. The molecule has 0 aliphatic carbocycles. The summed E-state index contributed by atoms with van der Waals surface area (Å²) >= 11 is 1.51. The van der Waals surface area contributed by atoms with Crippen LogP contribution in [0.5, 0.6) is 0 Å². The minimum atomic E-state index is -1.26. The van der Waals surface area contributed by atoms with Gasteiger partial charge >= 0.3 is 6.03 Å². The van der Waals surface area contributed by atoms with Crippen LogP contribution in [0.4, 0.5) is 4.79 Å². The number of imide groups is 1. The van der Waals surface area contributed by atoms with Crippen molar-refractivity contribution >= 4 is 35.0 Å². The van der Waals surface area contributed by atoms with Crippen LogP contribution in [-0.4, -0.2) is 51.5 Å². The van der Waals surface area contributed by atoms with Gasteiger partial charge in [0.25, 0.3) is 11.8 Å². The van der Waals surface area contributed by atoms with Crippen LogP contribution in [0.2, 0.25) is 0 Å². The molecule has 0 saturated carbocycles. The van der Waals surface area contributed by atoms with Gasteiger partial charge < -0.3 is 10.2 Å². The van der Waals surface area contributed by atoms with E-state index in [9.17, 15) is 19.2 Å². The second-order valence-corrected chi connectivity index (χ2v) is 9.54. The summed E-state index contributed by atoms with van der Waals surface area (Å²) in [6, 6.07) is 13.5. The number of piperidine rings is 1. The van der Waals surface area contributed by atoms with Crippen LogP contribution in [0.3, 0.4) is 0 Å². The Kier molecular flexibility index (Phi) is 6.17. The Labute approximate surface area is 206 Å². The molecule has 1 atom stereocenters. The van der Waals surface area contributed by atoms with E-state index in [0.717, 1.165) is 5.56 Å². The number of urea groups is 1. The summed E-state index contributed by atoms with van der Waals surface area (Å²) in [5, 5.41) is 6.81. The van der Waals surface area contributed by atoms with Gasteiger partial charge in [-0.05, 0) is 47.2 Å². The maximum Gasteiger partial charge on any atom is 0.325 e. The highest BCUT2D eigenvalue weighted by atomic mass is 32.1. The fourth-order valence-electron chi connectivity index (χ4n) is 4.98. The van der Waals surface area contributed by atoms with Crippen LogP contribution < -0.4 is 5.32 Å². The average Bonchev–Trinajstić information content (AvgIpc) is 3.52. The van der Waals surface area contributed by atoms with E-state index >= 15 is 0 Å². The lowest BCUT2D eigenvalue weighted by molar-refractivity contribution is -0.135. The van der Waals surface area contributed by atoms with Gasteiger partial charge in [-0.2, -0.15) is 11.3 Å². The zero-order valence-electron chi connectivity index (χ0n) is 18.9. The Bertz CT molecular complexity index is 1240. The average molecular weight is 489 g/mol. The van der Waals surface area contributed by atoms with E-state index in [1.54, 1.807) is 54.9 Å². The first-order valence-electron chi connectivity index (χ1n) is 11.4. The van der Waals surface area contributed by atoms with Gasteiger partial charge in [0.2, 0.25) is 5.78 Å². The normalized spacial score (nSPS) is 20.7. The Balaban J connectivity index is 1.38. The minimum absolute atomic E-state index is 0.194. The van der Waals surface area contributed by atoms with Crippen LogP contribution in [0.15, 0.2) is 71.7 Å². The van der Waals surface area contributed by atoms with Crippen molar-refractivity contribution in [2.45, 2.75) is 24.9 Å². The van der Waals surface area contributed by atoms with Gasteiger partial charge in [0.1, 0.15) is 0 Å². The molecule has 1 aromatic carbocycles. The Hall–Kier alpha value is -3.85. The summed E-state index contributed by atoms with van der Waals surface area (Å²) in [7, 11) is 0. The molecule has 0 bridgehead atoms. The van der Waals surface area contributed by atoms with E-state index in [4.69, 9.17) is 0 Å². The molecule has 1 N–H and O–H groups in total. The van der Waals surface area contributed by atoms with Gasteiger partial charge in [0.05, 0.1) is 6.54 Å². The number of thiophene rings is 1. The van der Waals surface area contributed by atoms with E-state index in [1.807, 2.05) is 16.8 Å². The first-order chi connectivity index (χ1) is 17.0. The molecular formula is C26H24N4O4S. The standard InChI is InChI=1S/C26H24N4O4S/c31-22(19-5-2-1-3-6-19)23(32)29-12-8-20(9-13-29)26(21-7-4-11-27-15-21)24(33)30(25(34)28-26)16-18-10-14-35-17-18/h1-7,10-11,14-15,17,20H,8-9,12-13,16H2,(H,28,34)/t26-/m1/s1. The number of hydrogen-bond acceptors (Lipinski definition) is 6. The van der Waals surface area contributed by atoms with Crippen molar-refractivity contribution in [3.05, 3.63) is 88.4 Å². The van der Waals surface area contributed by atoms with Gasteiger partial charge in [-0.3, -0.25) is 24.3 Å². The molecule has 9 heteroatoms. The fraction of sp³-hybridized carbons (Fsp3) is 0.269. The van der Waals surface area contributed by atoms with Crippen LogP contribution in [0.1, 0.15) is 34.3 Å². The number of carbonyl (C=O) groups excluding carboxylic acids is 4. The van der Waals surface area contributed by atoms with Crippen LogP contribution in [0.25, 0.3) is 0 Å². The number of ketones is 1. The molecule has 4 amide bonds. The maximum absolute atomic E-state index is 13.9. The second-order valence-electron chi connectivity index (χ2n) is 8.76. The molecule has 2 aliphatic heterocycles. The topological polar surface area (TPSA) is 99.7 Å². The molecule has 2 aliphatic rings. The van der Waals surface area contributed by atoms with E-state index in [-0.39, 0.29) is 18.4 Å². The summed E-state index contributed by atoms with van der Waals surface area (Å²) in [6.07, 6.45) is 4.16. The van der Waals surface area contributed by atoms with Gasteiger partial charge in [-0.15, -0.1) is 0 Å². The van der Waals surface area contributed by atoms with Gasteiger partial charge in [0.15, 0.2) is 5.54 Å². The molecule has 5 rings (SSSR count). The predicted octanol–water partition coefficient (Wildman–Crippen LogP) is 3.21. The fourth-order valence-corrected chi connectivity index (χ4v) is 5.64. The molecule has 0 spiro atoms. The van der Waals surface area contributed by atoms with Crippen LogP contribution >= 0.6 is 11.3 Å². The number of carbonyl (C=O) groups is 4. The first kappa shape index (κ1) is 22.9. The molecule has 0 unspecified atom stereocenters. The number of pyridine rings is 1. The van der Waals surface area contributed by atoms with Crippen molar-refractivity contribution in [1.82, 2.24) is 20.1 Å². The molecule has 2 fully saturated rings. The highest BCUT2D eigenvalue weighted by Crippen LogP contribution is 2.41. The maximum atomic E-state index is 13.9. The van der Waals surface area contributed by atoms with E-state index < -0.39 is 23.3 Å². The van der Waals surface area contributed by atoms with Gasteiger partial charge in [0, 0.05) is 36.6 Å². The predicted molar refractivity (Wildman–Crippen MR) is 129 cm³/mol. The number of Topliss-reactive ketones (excluding diaryl/α,β-unsaturated/α-hetero) is 1. The molecule has 4 heterocycles. The summed E-state index contributed by atoms with van der Waals surface area (Å²) in [4.78, 5) is 59.4. The smallest absolute Gasteiger partial charge is 0.325 e. The number of benzene rings is 1. The van der Waals surface area contributed by atoms with E-state index in [2.05, 4.69) is 10.3 Å². The van der Waals surface area contributed by atoms with Crippen molar-refractivity contribution < 1.29 is 19.2 Å². The molecule has 8 nitrogen and oxygen atoms in total. The lowest BCUT2D eigenvalue weighted by Gasteiger charge is -2.40. The molecule has 178 valence electrons. The third-order valence-corrected chi connectivity index (χ3v) is 7.53. The number of likely N-dealkylation sites (tertiary alicyclic amines) is 1. The summed E-state index contributed by atoms with van der Waals surface area (Å²) in [5.74, 6) is -1.66. The van der Waals surface area contributed by atoms with Gasteiger partial charge in [-0.1, -0.05) is 36.4 Å². The molecule has 35 heavy (non-hydrogen) atoms. The summed E-state index contributed by atoms with van der Waals surface area (Å²) < 4.78 is 0. The molecule has 3 aromatic rings. The minimum Gasteiger partial charge on any atom is -0.336 e. The van der Waals surface area contributed by atoms with Crippen LogP contribution in [0, 0.1) is 5.92 Å². The molecular weight excluding hydrogens is 464 g/mol. The Morgan fingerprint density at radius 3 is 2.49 bits per heavy atom. The molecule has 2 saturated heterocycles. The number of nitrogens with one attached hydrogen (secondary N) is 1. The van der Waals surface area contributed by atoms with E-state index in [0.29, 0.717) is 37.1 Å². The second kappa shape index (κ2) is 9.42. The third-order valence-electron chi connectivity index (χ3n) is 6.79. The SMILES string of the molecule is O=C(C(=O)N1CCC([C@]2(c3cccnc3)NC(=O)N(Cc3ccsc3)C2=O)CC1)c1ccccc1. The molecule has 2 aromatic heterocycles. The third kappa shape index (κ3) is 4.12. The highest BCUT2D eigenvalue weighted by Gasteiger charge is 2.57. The summed E-state index contributed by atoms with van der Waals surface area (Å²) in [6.45, 7) is 0.828.